The summed E-state index contributed by atoms with van der Waals surface area (Å²) in [6.07, 6.45) is 4.49. The first-order valence-corrected chi connectivity index (χ1v) is 8.23. The molecule has 3 heterocycles. The van der Waals surface area contributed by atoms with E-state index in [-0.39, 0.29) is 11.5 Å². The van der Waals surface area contributed by atoms with Crippen molar-refractivity contribution in [3.05, 3.63) is 59.6 Å². The third kappa shape index (κ3) is 3.29. The van der Waals surface area contributed by atoms with Gasteiger partial charge in [-0.2, -0.15) is 0 Å². The zero-order valence-corrected chi connectivity index (χ0v) is 13.9. The molecule has 1 aromatic carbocycles. The second kappa shape index (κ2) is 6.97. The molecule has 1 fully saturated rings. The first kappa shape index (κ1) is 16.3. The fraction of sp³-hybridized carbons (Fsp3) is 0.211. The van der Waals surface area contributed by atoms with Gasteiger partial charge in [0.2, 0.25) is 5.78 Å². The van der Waals surface area contributed by atoms with Gasteiger partial charge in [0.15, 0.2) is 5.76 Å². The van der Waals surface area contributed by atoms with Crippen LogP contribution in [0.3, 0.4) is 0 Å². The number of benzene rings is 1. The van der Waals surface area contributed by atoms with Crippen molar-refractivity contribution >= 4 is 18.0 Å². The molecule has 0 bridgehead atoms. The Kier molecular flexibility index (Phi) is 4.37. The van der Waals surface area contributed by atoms with Gasteiger partial charge in [-0.3, -0.25) is 9.78 Å². The summed E-state index contributed by atoms with van der Waals surface area (Å²) in [6, 6.07) is 8.35. The first-order chi connectivity index (χ1) is 12.7. The molecule has 132 valence electrons. The maximum absolute atomic E-state index is 12.4. The maximum Gasteiger partial charge on any atom is 0.415 e. The van der Waals surface area contributed by atoms with Crippen LogP contribution in [-0.2, 0) is 4.74 Å². The number of rotatable bonds is 2. The van der Waals surface area contributed by atoms with E-state index in [4.69, 9.17) is 14.2 Å². The molecular weight excluding hydrogens is 336 g/mol. The van der Waals surface area contributed by atoms with Crippen LogP contribution in [0.1, 0.15) is 15.9 Å². The molecule has 0 radical (unpaired) electrons. The summed E-state index contributed by atoms with van der Waals surface area (Å²) < 4.78 is 16.2. The highest BCUT2D eigenvalue weighted by Crippen LogP contribution is 2.35. The van der Waals surface area contributed by atoms with Crippen LogP contribution in [0.25, 0.3) is 6.08 Å². The number of fused-ring (bicyclic) bond motifs is 1. The van der Waals surface area contributed by atoms with Crippen molar-refractivity contribution in [3.8, 4) is 11.5 Å². The highest BCUT2D eigenvalue weighted by Gasteiger charge is 2.28. The van der Waals surface area contributed by atoms with E-state index < -0.39 is 6.09 Å². The number of nitrogens with zero attached hydrogens (tertiary/aromatic N) is 2. The number of ketones is 1. The highest BCUT2D eigenvalue weighted by atomic mass is 16.6. The molecule has 0 aliphatic carbocycles. The Hall–Kier alpha value is -3.19. The minimum Gasteiger partial charge on any atom is -0.452 e. The zero-order chi connectivity index (χ0) is 17.9. The summed E-state index contributed by atoms with van der Waals surface area (Å²) in [7, 11) is 0. The van der Waals surface area contributed by atoms with E-state index in [2.05, 4.69) is 4.98 Å². The predicted octanol–water partition coefficient (Wildman–Crippen LogP) is 2.53. The van der Waals surface area contributed by atoms with Gasteiger partial charge < -0.3 is 19.1 Å². The monoisotopic (exact) mass is 352 g/mol. The quantitative estimate of drug-likeness (QED) is 0.773. The lowest BCUT2D eigenvalue weighted by atomic mass is 10.1. The highest BCUT2D eigenvalue weighted by molar-refractivity contribution is 6.14. The fourth-order valence-electron chi connectivity index (χ4n) is 2.75. The first-order valence-electron chi connectivity index (χ1n) is 8.23. The van der Waals surface area contributed by atoms with Crippen molar-refractivity contribution in [1.29, 1.82) is 0 Å². The maximum atomic E-state index is 12.4. The van der Waals surface area contributed by atoms with Gasteiger partial charge in [-0.15, -0.1) is 0 Å². The smallest absolute Gasteiger partial charge is 0.415 e. The molecule has 4 rings (SSSR count). The molecule has 7 nitrogen and oxygen atoms in total. The molecule has 26 heavy (non-hydrogen) atoms. The standard InChI is InChI=1S/C19H16N2O5/c22-18-15-4-3-14(25-19(23)21-6-8-24-9-7-21)11-16(15)26-17(18)10-13-2-1-5-20-12-13/h1-5,10-12H,6-9H2/b17-10-. The van der Waals surface area contributed by atoms with Crippen LogP contribution in [0.4, 0.5) is 4.79 Å². The summed E-state index contributed by atoms with van der Waals surface area (Å²) in [5.41, 5.74) is 1.20. The van der Waals surface area contributed by atoms with Crippen molar-refractivity contribution in [3.63, 3.8) is 0 Å². The zero-order valence-electron chi connectivity index (χ0n) is 13.9. The minimum atomic E-state index is -0.441. The van der Waals surface area contributed by atoms with Crippen molar-refractivity contribution in [1.82, 2.24) is 9.88 Å². The Bertz CT molecular complexity index is 873. The molecule has 0 unspecified atom stereocenters. The molecule has 2 aliphatic rings. The third-order valence-corrected chi connectivity index (χ3v) is 4.10. The lowest BCUT2D eigenvalue weighted by Gasteiger charge is -2.25. The molecule has 1 aromatic heterocycles. The number of carbonyl (C=O) groups excluding carboxylic acids is 2. The molecule has 2 aliphatic heterocycles. The summed E-state index contributed by atoms with van der Waals surface area (Å²) in [5.74, 6) is 0.702. The van der Waals surface area contributed by atoms with E-state index in [0.717, 1.165) is 5.56 Å². The van der Waals surface area contributed by atoms with E-state index in [0.29, 0.717) is 43.4 Å². The van der Waals surface area contributed by atoms with Crippen LogP contribution >= 0.6 is 0 Å². The predicted molar refractivity (Wildman–Crippen MR) is 92.0 cm³/mol. The molecule has 0 atom stereocenters. The number of morpholine rings is 1. The summed E-state index contributed by atoms with van der Waals surface area (Å²) in [6.45, 7) is 1.99. The van der Waals surface area contributed by atoms with Gasteiger partial charge in [0.05, 0.1) is 18.8 Å². The van der Waals surface area contributed by atoms with Crippen LogP contribution in [0, 0.1) is 0 Å². The minimum absolute atomic E-state index is 0.213. The second-order valence-electron chi connectivity index (χ2n) is 5.85. The molecule has 0 spiro atoms. The number of hydrogen-bond donors (Lipinski definition) is 0. The Morgan fingerprint density at radius 3 is 2.85 bits per heavy atom. The van der Waals surface area contributed by atoms with Crippen LogP contribution in [0.5, 0.6) is 11.5 Å². The van der Waals surface area contributed by atoms with Gasteiger partial charge in [0, 0.05) is 31.5 Å². The topological polar surface area (TPSA) is 78.0 Å². The Balaban J connectivity index is 1.50. The number of pyridine rings is 1. The number of amides is 1. The molecule has 2 aromatic rings. The van der Waals surface area contributed by atoms with Gasteiger partial charge in [0.1, 0.15) is 11.5 Å². The van der Waals surface area contributed by atoms with Crippen LogP contribution in [0.2, 0.25) is 0 Å². The average Bonchev–Trinajstić information content (AvgIpc) is 2.98. The Morgan fingerprint density at radius 1 is 1.23 bits per heavy atom. The van der Waals surface area contributed by atoms with Crippen molar-refractivity contribution in [2.75, 3.05) is 26.3 Å². The number of allylic oxidation sites excluding steroid dienone is 1. The van der Waals surface area contributed by atoms with Gasteiger partial charge in [-0.1, -0.05) is 6.07 Å². The van der Waals surface area contributed by atoms with Crippen molar-refractivity contribution < 1.29 is 23.8 Å². The molecule has 0 saturated carbocycles. The largest absolute Gasteiger partial charge is 0.452 e. The Morgan fingerprint density at radius 2 is 2.08 bits per heavy atom. The number of Topliss-reactive ketones (excluding diaryl/α,β-unsaturated/α-hetero) is 1. The lowest BCUT2D eigenvalue weighted by molar-refractivity contribution is 0.0416. The SMILES string of the molecule is O=C1/C(=C/c2cccnc2)Oc2cc(OC(=O)N3CCOCC3)ccc21. The molecule has 1 saturated heterocycles. The van der Waals surface area contributed by atoms with Gasteiger partial charge in [0.25, 0.3) is 0 Å². The van der Waals surface area contributed by atoms with E-state index in [1.807, 2.05) is 6.07 Å². The Labute approximate surface area is 149 Å². The van der Waals surface area contributed by atoms with E-state index >= 15 is 0 Å². The molecular formula is C19H16N2O5. The third-order valence-electron chi connectivity index (χ3n) is 4.10. The summed E-state index contributed by atoms with van der Waals surface area (Å²) in [4.78, 5) is 30.2. The number of carbonyl (C=O) groups is 2. The van der Waals surface area contributed by atoms with Gasteiger partial charge >= 0.3 is 6.09 Å². The van der Waals surface area contributed by atoms with E-state index in [9.17, 15) is 9.59 Å². The molecule has 1 amide bonds. The van der Waals surface area contributed by atoms with Crippen molar-refractivity contribution in [2.24, 2.45) is 0 Å². The summed E-state index contributed by atoms with van der Waals surface area (Å²) in [5, 5.41) is 0. The molecule has 7 heteroatoms. The number of ether oxygens (including phenoxy) is 3. The second-order valence-corrected chi connectivity index (χ2v) is 5.85. The molecule has 0 N–H and O–H groups in total. The van der Waals surface area contributed by atoms with E-state index in [1.165, 1.54) is 0 Å². The lowest BCUT2D eigenvalue weighted by Crippen LogP contribution is -2.42. The number of aromatic nitrogens is 1. The number of hydrogen-bond acceptors (Lipinski definition) is 6. The fourth-order valence-corrected chi connectivity index (χ4v) is 2.75. The van der Waals surface area contributed by atoms with Crippen LogP contribution in [-0.4, -0.2) is 48.1 Å². The van der Waals surface area contributed by atoms with Gasteiger partial charge in [-0.25, -0.2) is 4.79 Å². The van der Waals surface area contributed by atoms with Crippen molar-refractivity contribution in [2.45, 2.75) is 0 Å². The van der Waals surface area contributed by atoms with Crippen LogP contribution < -0.4 is 9.47 Å². The van der Waals surface area contributed by atoms with Gasteiger partial charge in [-0.05, 0) is 29.8 Å². The summed E-state index contributed by atoms with van der Waals surface area (Å²) >= 11 is 0. The van der Waals surface area contributed by atoms with E-state index in [1.54, 1.807) is 47.6 Å². The normalized spacial score (nSPS) is 17.8. The average molecular weight is 352 g/mol. The van der Waals surface area contributed by atoms with Crippen LogP contribution in [0.15, 0.2) is 48.5 Å².